The Morgan fingerprint density at radius 3 is 2.48 bits per heavy atom. The van der Waals surface area contributed by atoms with E-state index in [2.05, 4.69) is 15.3 Å². The molecule has 1 atom stereocenters. The van der Waals surface area contributed by atoms with Gasteiger partial charge in [0.25, 0.3) is 5.69 Å². The molecule has 29 heavy (non-hydrogen) atoms. The Kier molecular flexibility index (Phi) is 5.69. The predicted molar refractivity (Wildman–Crippen MR) is 102 cm³/mol. The minimum atomic E-state index is -4.74. The number of nitrogens with zero attached hydrogens (tertiary/aromatic N) is 3. The highest BCUT2D eigenvalue weighted by atomic mass is 32.2. The molecule has 2 aromatic carbocycles. The third-order valence-corrected chi connectivity index (χ3v) is 4.94. The molecule has 7 nitrogen and oxygen atoms in total. The van der Waals surface area contributed by atoms with Gasteiger partial charge >= 0.3 is 6.18 Å². The van der Waals surface area contributed by atoms with E-state index in [9.17, 15) is 28.1 Å². The number of aromatic nitrogens is 2. The molecule has 1 heterocycles. The highest BCUT2D eigenvalue weighted by Crippen LogP contribution is 2.34. The summed E-state index contributed by atoms with van der Waals surface area (Å²) in [5, 5.41) is 13.0. The number of hydrogen-bond donors (Lipinski definition) is 1. The number of para-hydroxylation sites is 3. The number of anilines is 1. The number of nitrogens with one attached hydrogen (secondary N) is 1. The zero-order valence-corrected chi connectivity index (χ0v) is 15.6. The summed E-state index contributed by atoms with van der Waals surface area (Å²) < 4.78 is 39.4. The number of carbonyl (C=O) groups is 1. The van der Waals surface area contributed by atoms with Crippen LogP contribution in [0.5, 0.6) is 0 Å². The van der Waals surface area contributed by atoms with Gasteiger partial charge in [0, 0.05) is 11.5 Å². The van der Waals surface area contributed by atoms with E-state index in [0.717, 1.165) is 11.8 Å². The smallest absolute Gasteiger partial charge is 0.319 e. The van der Waals surface area contributed by atoms with Gasteiger partial charge in [-0.25, -0.2) is 9.97 Å². The number of fused-ring (bicyclic) bond motifs is 1. The Morgan fingerprint density at radius 2 is 1.79 bits per heavy atom. The molecular weight excluding hydrogens is 409 g/mol. The first-order valence-electron chi connectivity index (χ1n) is 8.21. The highest BCUT2D eigenvalue weighted by Gasteiger charge is 2.36. The van der Waals surface area contributed by atoms with Gasteiger partial charge in [-0.3, -0.25) is 14.9 Å². The van der Waals surface area contributed by atoms with Gasteiger partial charge in [-0.15, -0.1) is 0 Å². The molecule has 3 rings (SSSR count). The minimum Gasteiger partial charge on any atom is -0.319 e. The van der Waals surface area contributed by atoms with Crippen LogP contribution in [0.4, 0.5) is 24.5 Å². The largest absolute Gasteiger partial charge is 0.451 e. The lowest BCUT2D eigenvalue weighted by atomic mass is 10.2. The number of rotatable bonds is 5. The van der Waals surface area contributed by atoms with Crippen LogP contribution in [0.1, 0.15) is 12.7 Å². The lowest BCUT2D eigenvalue weighted by molar-refractivity contribution is -0.383. The lowest BCUT2D eigenvalue weighted by Crippen LogP contribution is -2.23. The van der Waals surface area contributed by atoms with Crippen molar-refractivity contribution in [2.45, 2.75) is 23.4 Å². The van der Waals surface area contributed by atoms with E-state index in [4.69, 9.17) is 0 Å². The summed E-state index contributed by atoms with van der Waals surface area (Å²) in [5.74, 6) is -1.91. The zero-order valence-electron chi connectivity index (χ0n) is 14.8. The third kappa shape index (κ3) is 4.62. The average Bonchev–Trinajstić information content (AvgIpc) is 2.67. The second kappa shape index (κ2) is 8.03. The second-order valence-electron chi connectivity index (χ2n) is 5.89. The van der Waals surface area contributed by atoms with Crippen LogP contribution >= 0.6 is 11.8 Å². The Bertz CT molecular complexity index is 1090. The van der Waals surface area contributed by atoms with Gasteiger partial charge in [0.2, 0.25) is 11.7 Å². The van der Waals surface area contributed by atoms with E-state index < -0.39 is 28.1 Å². The van der Waals surface area contributed by atoms with Crippen molar-refractivity contribution < 1.29 is 22.9 Å². The van der Waals surface area contributed by atoms with Crippen molar-refractivity contribution in [3.63, 3.8) is 0 Å². The molecule has 0 aliphatic carbocycles. The first-order chi connectivity index (χ1) is 13.7. The van der Waals surface area contributed by atoms with Crippen LogP contribution < -0.4 is 5.32 Å². The quantitative estimate of drug-likeness (QED) is 0.278. The number of alkyl halides is 3. The first-order valence-corrected chi connectivity index (χ1v) is 9.09. The normalized spacial score (nSPS) is 12.6. The maximum absolute atomic E-state index is 13.1. The van der Waals surface area contributed by atoms with Gasteiger partial charge in [-0.05, 0) is 19.1 Å². The number of hydrogen-bond acceptors (Lipinski definition) is 6. The van der Waals surface area contributed by atoms with Gasteiger partial charge in [-0.2, -0.15) is 13.2 Å². The molecule has 3 aromatic rings. The van der Waals surface area contributed by atoms with Gasteiger partial charge in [0.05, 0.1) is 15.7 Å². The molecule has 0 radical (unpaired) electrons. The topological polar surface area (TPSA) is 98.0 Å². The van der Waals surface area contributed by atoms with Crippen LogP contribution in [0, 0.1) is 10.1 Å². The number of nitro groups is 1. The molecule has 0 unspecified atom stereocenters. The summed E-state index contributed by atoms with van der Waals surface area (Å²) in [6, 6.07) is 11.7. The molecule has 1 amide bonds. The molecule has 0 fully saturated rings. The van der Waals surface area contributed by atoms with Crippen LogP contribution in [-0.4, -0.2) is 26.0 Å². The molecule has 11 heteroatoms. The zero-order chi connectivity index (χ0) is 21.2. The van der Waals surface area contributed by atoms with E-state index in [1.54, 1.807) is 18.2 Å². The van der Waals surface area contributed by atoms with Crippen molar-refractivity contribution >= 4 is 39.9 Å². The van der Waals surface area contributed by atoms with Gasteiger partial charge in [0.1, 0.15) is 10.7 Å². The number of halogens is 3. The number of carbonyl (C=O) groups excluding carboxylic acids is 1. The fraction of sp³-hybridized carbons (Fsp3) is 0.167. The van der Waals surface area contributed by atoms with E-state index in [1.807, 2.05) is 0 Å². The molecule has 0 saturated heterocycles. The molecule has 1 aromatic heterocycles. The number of amides is 1. The van der Waals surface area contributed by atoms with Crippen LogP contribution in [-0.2, 0) is 11.0 Å². The summed E-state index contributed by atoms with van der Waals surface area (Å²) in [4.78, 5) is 30.0. The standard InChI is InChI=1S/C18H13F3N4O3S/c1-10(15(26)22-13-8-4-5-9-14(13)25(27)28)29-16-11-6-2-3-7-12(11)23-17(24-16)18(19,20)21/h2-10H,1H3,(H,22,26)/t10-/m0/s1. The highest BCUT2D eigenvalue weighted by molar-refractivity contribution is 8.00. The Hall–Kier alpha value is -3.21. The summed E-state index contributed by atoms with van der Waals surface area (Å²) in [6.45, 7) is 1.47. The average molecular weight is 422 g/mol. The number of thioether (sulfide) groups is 1. The Balaban J connectivity index is 1.89. The number of benzene rings is 2. The van der Waals surface area contributed by atoms with E-state index in [0.29, 0.717) is 5.39 Å². The van der Waals surface area contributed by atoms with E-state index in [1.165, 1.54) is 37.3 Å². The summed E-state index contributed by atoms with van der Waals surface area (Å²) in [6.07, 6.45) is -4.74. The maximum Gasteiger partial charge on any atom is 0.451 e. The maximum atomic E-state index is 13.1. The summed E-state index contributed by atoms with van der Waals surface area (Å²) in [7, 11) is 0. The molecule has 0 aliphatic heterocycles. The second-order valence-corrected chi connectivity index (χ2v) is 7.22. The number of nitro benzene ring substituents is 1. The van der Waals surface area contributed by atoms with Crippen molar-refractivity contribution in [1.29, 1.82) is 0 Å². The fourth-order valence-electron chi connectivity index (χ4n) is 2.46. The summed E-state index contributed by atoms with van der Waals surface area (Å²) in [5.41, 5.74) is -0.188. The van der Waals surface area contributed by atoms with Crippen LogP contribution in [0.2, 0.25) is 0 Å². The van der Waals surface area contributed by atoms with Gasteiger partial charge in [-0.1, -0.05) is 42.1 Å². The first kappa shape index (κ1) is 20.5. The van der Waals surface area contributed by atoms with Crippen LogP contribution in [0.25, 0.3) is 10.9 Å². The van der Waals surface area contributed by atoms with Gasteiger partial charge in [0.15, 0.2) is 0 Å². The minimum absolute atomic E-state index is 0.00141. The van der Waals surface area contributed by atoms with E-state index >= 15 is 0 Å². The van der Waals surface area contributed by atoms with Crippen LogP contribution in [0.3, 0.4) is 0 Å². The Morgan fingerprint density at radius 1 is 1.14 bits per heavy atom. The molecule has 1 N–H and O–H groups in total. The Labute approximate surface area is 166 Å². The monoisotopic (exact) mass is 422 g/mol. The molecule has 0 bridgehead atoms. The molecule has 150 valence electrons. The van der Waals surface area contributed by atoms with Crippen molar-refractivity contribution in [1.82, 2.24) is 9.97 Å². The molecule has 0 saturated carbocycles. The van der Waals surface area contributed by atoms with Crippen LogP contribution in [0.15, 0.2) is 53.6 Å². The fourth-order valence-corrected chi connectivity index (χ4v) is 3.40. The predicted octanol–water partition coefficient (Wildman–Crippen LogP) is 4.68. The SMILES string of the molecule is C[C@H](Sc1nc(C(F)(F)F)nc2ccccc12)C(=O)Nc1ccccc1[N+](=O)[O-]. The molecule has 0 aliphatic rings. The summed E-state index contributed by atoms with van der Waals surface area (Å²) >= 11 is 0.812. The molecular formula is C18H13F3N4O3S. The van der Waals surface area contributed by atoms with Crippen molar-refractivity contribution in [2.24, 2.45) is 0 Å². The van der Waals surface area contributed by atoms with Crippen molar-refractivity contribution in [3.05, 3.63) is 64.5 Å². The lowest BCUT2D eigenvalue weighted by Gasteiger charge is -2.14. The third-order valence-electron chi connectivity index (χ3n) is 3.84. The van der Waals surface area contributed by atoms with Gasteiger partial charge < -0.3 is 5.32 Å². The van der Waals surface area contributed by atoms with E-state index in [-0.39, 0.29) is 21.9 Å². The van der Waals surface area contributed by atoms with Crippen molar-refractivity contribution in [3.8, 4) is 0 Å². The molecule has 0 spiro atoms. The van der Waals surface area contributed by atoms with Crippen molar-refractivity contribution in [2.75, 3.05) is 5.32 Å².